The topological polar surface area (TPSA) is 32.3 Å². The molecule has 0 spiro atoms. The van der Waals surface area contributed by atoms with Crippen molar-refractivity contribution in [3.8, 4) is 0 Å². The maximum absolute atomic E-state index is 11.2. The first-order chi connectivity index (χ1) is 8.09. The van der Waals surface area contributed by atoms with Gasteiger partial charge >= 0.3 is 0 Å². The summed E-state index contributed by atoms with van der Waals surface area (Å²) in [6.07, 6.45) is 4.93. The summed E-state index contributed by atoms with van der Waals surface area (Å²) in [4.78, 5) is 13.2. The fraction of sp³-hybridized carbons (Fsp3) is 0.923. The van der Waals surface area contributed by atoms with E-state index in [-0.39, 0.29) is 5.91 Å². The Balaban J connectivity index is 1.69. The lowest BCUT2D eigenvalue weighted by Crippen LogP contribution is -2.47. The van der Waals surface area contributed by atoms with E-state index in [1.165, 1.54) is 18.6 Å². The number of amides is 1. The Morgan fingerprint density at radius 3 is 2.71 bits per heavy atom. The van der Waals surface area contributed by atoms with Crippen molar-refractivity contribution >= 4 is 17.7 Å². The van der Waals surface area contributed by atoms with Crippen molar-refractivity contribution in [2.45, 2.75) is 50.3 Å². The van der Waals surface area contributed by atoms with Crippen LogP contribution < -0.4 is 5.32 Å². The molecule has 2 aliphatic heterocycles. The standard InChI is InChI=1S/C13H24N2OS/c1-11(16)15-7-4-12(5-8-15)14-10-13(2)6-3-9-17-13/h12,14H,3-10H2,1-2H3. The van der Waals surface area contributed by atoms with Gasteiger partial charge in [0.2, 0.25) is 5.91 Å². The van der Waals surface area contributed by atoms with Gasteiger partial charge in [-0.15, -0.1) is 0 Å². The molecule has 1 amide bonds. The van der Waals surface area contributed by atoms with Crippen molar-refractivity contribution in [1.82, 2.24) is 10.2 Å². The Labute approximate surface area is 109 Å². The minimum absolute atomic E-state index is 0.224. The number of carbonyl (C=O) groups is 1. The van der Waals surface area contributed by atoms with Crippen LogP contribution in [0.15, 0.2) is 0 Å². The number of piperidine rings is 1. The molecule has 0 aromatic carbocycles. The summed E-state index contributed by atoms with van der Waals surface area (Å²) in [7, 11) is 0. The molecule has 2 heterocycles. The summed E-state index contributed by atoms with van der Waals surface area (Å²) >= 11 is 2.11. The third kappa shape index (κ3) is 3.62. The second-order valence-electron chi connectivity index (χ2n) is 5.56. The van der Waals surface area contributed by atoms with E-state index < -0.39 is 0 Å². The molecule has 0 saturated carbocycles. The average Bonchev–Trinajstić information content (AvgIpc) is 2.75. The molecule has 2 saturated heterocycles. The molecule has 1 atom stereocenters. The summed E-state index contributed by atoms with van der Waals surface area (Å²) in [5, 5.41) is 3.70. The normalized spacial score (nSPS) is 30.8. The number of carbonyl (C=O) groups excluding carboxylic acids is 1. The smallest absolute Gasteiger partial charge is 0.219 e. The minimum atomic E-state index is 0.224. The SMILES string of the molecule is CC(=O)N1CCC(NCC2(C)CCCS2)CC1. The van der Waals surface area contributed by atoms with E-state index >= 15 is 0 Å². The Hall–Kier alpha value is -0.220. The number of hydrogen-bond donors (Lipinski definition) is 1. The highest BCUT2D eigenvalue weighted by Gasteiger charge is 2.30. The van der Waals surface area contributed by atoms with E-state index in [4.69, 9.17) is 0 Å². The summed E-state index contributed by atoms with van der Waals surface area (Å²) in [5.41, 5.74) is 0. The van der Waals surface area contributed by atoms with Crippen LogP contribution in [0.1, 0.15) is 39.5 Å². The van der Waals surface area contributed by atoms with E-state index in [0.717, 1.165) is 32.5 Å². The average molecular weight is 256 g/mol. The molecule has 0 aromatic rings. The second kappa shape index (κ2) is 5.61. The van der Waals surface area contributed by atoms with Gasteiger partial charge in [-0.2, -0.15) is 11.8 Å². The van der Waals surface area contributed by atoms with Crippen LogP contribution in [-0.4, -0.2) is 47.0 Å². The van der Waals surface area contributed by atoms with Crippen LogP contribution in [0.5, 0.6) is 0 Å². The number of nitrogens with zero attached hydrogens (tertiary/aromatic N) is 1. The first kappa shape index (κ1) is 13.2. The molecular weight excluding hydrogens is 232 g/mol. The summed E-state index contributed by atoms with van der Waals surface area (Å²) in [5.74, 6) is 1.54. The van der Waals surface area contributed by atoms with Gasteiger partial charge in [0.15, 0.2) is 0 Å². The van der Waals surface area contributed by atoms with Gasteiger partial charge in [0.05, 0.1) is 0 Å². The summed E-state index contributed by atoms with van der Waals surface area (Å²) in [6.45, 7) is 7.03. The Morgan fingerprint density at radius 2 is 2.18 bits per heavy atom. The third-order valence-electron chi connectivity index (χ3n) is 4.01. The third-order valence-corrected chi connectivity index (χ3v) is 5.54. The van der Waals surface area contributed by atoms with Crippen LogP contribution >= 0.6 is 11.8 Å². The summed E-state index contributed by atoms with van der Waals surface area (Å²) < 4.78 is 0.456. The lowest BCUT2D eigenvalue weighted by atomic mass is 10.0. The number of nitrogens with one attached hydrogen (secondary N) is 1. The van der Waals surface area contributed by atoms with Crippen molar-refractivity contribution in [1.29, 1.82) is 0 Å². The maximum atomic E-state index is 11.2. The van der Waals surface area contributed by atoms with Gasteiger partial charge in [0, 0.05) is 37.3 Å². The quantitative estimate of drug-likeness (QED) is 0.837. The van der Waals surface area contributed by atoms with Crippen LogP contribution in [0.25, 0.3) is 0 Å². The fourth-order valence-corrected chi connectivity index (χ4v) is 3.99. The zero-order valence-electron chi connectivity index (χ0n) is 11.0. The molecule has 2 aliphatic rings. The van der Waals surface area contributed by atoms with Crippen LogP contribution in [-0.2, 0) is 4.79 Å². The van der Waals surface area contributed by atoms with E-state index in [1.807, 2.05) is 4.90 Å². The zero-order chi connectivity index (χ0) is 12.3. The van der Waals surface area contributed by atoms with E-state index in [1.54, 1.807) is 6.92 Å². The Bertz CT molecular complexity index is 269. The lowest BCUT2D eigenvalue weighted by molar-refractivity contribution is -0.129. The molecule has 3 nitrogen and oxygen atoms in total. The van der Waals surface area contributed by atoms with Crippen molar-refractivity contribution < 1.29 is 4.79 Å². The van der Waals surface area contributed by atoms with Gasteiger partial charge in [0.1, 0.15) is 0 Å². The van der Waals surface area contributed by atoms with Gasteiger partial charge in [-0.25, -0.2) is 0 Å². The van der Waals surface area contributed by atoms with Crippen molar-refractivity contribution in [2.24, 2.45) is 0 Å². The second-order valence-corrected chi connectivity index (χ2v) is 7.25. The number of likely N-dealkylation sites (tertiary alicyclic amines) is 1. The molecule has 0 bridgehead atoms. The largest absolute Gasteiger partial charge is 0.343 e. The molecule has 98 valence electrons. The highest BCUT2D eigenvalue weighted by atomic mass is 32.2. The molecule has 0 aliphatic carbocycles. The molecule has 2 rings (SSSR count). The highest BCUT2D eigenvalue weighted by molar-refractivity contribution is 8.00. The van der Waals surface area contributed by atoms with Crippen LogP contribution in [0.3, 0.4) is 0 Å². The zero-order valence-corrected chi connectivity index (χ0v) is 11.8. The van der Waals surface area contributed by atoms with Gasteiger partial charge in [-0.05, 0) is 38.4 Å². The molecule has 1 unspecified atom stereocenters. The van der Waals surface area contributed by atoms with Gasteiger partial charge < -0.3 is 10.2 Å². The maximum Gasteiger partial charge on any atom is 0.219 e. The molecule has 0 radical (unpaired) electrons. The Kier molecular flexibility index (Phi) is 4.36. The van der Waals surface area contributed by atoms with Crippen molar-refractivity contribution in [3.63, 3.8) is 0 Å². The monoisotopic (exact) mass is 256 g/mol. The first-order valence-electron chi connectivity index (χ1n) is 6.72. The number of hydrogen-bond acceptors (Lipinski definition) is 3. The van der Waals surface area contributed by atoms with Crippen LogP contribution in [0.2, 0.25) is 0 Å². The summed E-state index contributed by atoms with van der Waals surface area (Å²) in [6, 6.07) is 0.614. The van der Waals surface area contributed by atoms with Gasteiger partial charge in [-0.3, -0.25) is 4.79 Å². The van der Waals surface area contributed by atoms with E-state index in [2.05, 4.69) is 24.0 Å². The van der Waals surface area contributed by atoms with E-state index in [9.17, 15) is 4.79 Å². The van der Waals surface area contributed by atoms with Crippen LogP contribution in [0.4, 0.5) is 0 Å². The predicted octanol–water partition coefficient (Wildman–Crippen LogP) is 1.87. The lowest BCUT2D eigenvalue weighted by Gasteiger charge is -2.34. The molecule has 0 aromatic heterocycles. The number of rotatable bonds is 3. The van der Waals surface area contributed by atoms with Gasteiger partial charge in [0.25, 0.3) is 0 Å². The Morgan fingerprint density at radius 1 is 1.47 bits per heavy atom. The van der Waals surface area contributed by atoms with Crippen molar-refractivity contribution in [3.05, 3.63) is 0 Å². The first-order valence-corrected chi connectivity index (χ1v) is 7.70. The van der Waals surface area contributed by atoms with Gasteiger partial charge in [-0.1, -0.05) is 0 Å². The fourth-order valence-electron chi connectivity index (χ4n) is 2.74. The molecule has 4 heteroatoms. The molecule has 17 heavy (non-hydrogen) atoms. The molecular formula is C13H24N2OS. The van der Waals surface area contributed by atoms with E-state index in [0.29, 0.717) is 10.8 Å². The highest BCUT2D eigenvalue weighted by Crippen LogP contribution is 2.37. The molecule has 1 N–H and O–H groups in total. The number of thioether (sulfide) groups is 1. The minimum Gasteiger partial charge on any atom is -0.343 e. The van der Waals surface area contributed by atoms with Crippen molar-refractivity contribution in [2.75, 3.05) is 25.4 Å². The van der Waals surface area contributed by atoms with Crippen LogP contribution in [0, 0.1) is 0 Å². The predicted molar refractivity (Wildman–Crippen MR) is 73.4 cm³/mol. The molecule has 2 fully saturated rings.